The Morgan fingerprint density at radius 3 is 2.45 bits per heavy atom. The maximum absolute atomic E-state index is 9.23. The average Bonchev–Trinajstić information content (AvgIpc) is 2.50. The maximum Gasteiger partial charge on any atom is 0.119 e. The molecule has 0 aliphatic heterocycles. The molecule has 3 N–H and O–H groups in total. The lowest BCUT2D eigenvalue weighted by Crippen LogP contribution is -2.43. The molecular weight excluding hydrogens is 254 g/mol. The smallest absolute Gasteiger partial charge is 0.119 e. The number of ether oxygens (including phenoxy) is 2. The Kier molecular flexibility index (Phi) is 7.59. The van der Waals surface area contributed by atoms with Gasteiger partial charge in [0.25, 0.3) is 0 Å². The molecule has 1 rings (SSSR count). The van der Waals surface area contributed by atoms with Crippen molar-refractivity contribution in [3.05, 3.63) is 29.8 Å². The Labute approximate surface area is 121 Å². The number of aliphatic hydroxyl groups excluding tert-OH is 1. The molecule has 0 radical (unpaired) electrons. The molecule has 1 aromatic carbocycles. The third-order valence-corrected chi connectivity index (χ3v) is 3.62. The van der Waals surface area contributed by atoms with Gasteiger partial charge in [-0.15, -0.1) is 0 Å². The molecule has 0 fully saturated rings. The Bertz CT molecular complexity index is 360. The summed E-state index contributed by atoms with van der Waals surface area (Å²) in [5.74, 6) is 0.870. The minimum Gasteiger partial charge on any atom is -0.494 e. The number of rotatable bonds is 10. The van der Waals surface area contributed by atoms with Crippen molar-refractivity contribution in [2.75, 3.05) is 26.9 Å². The first-order valence-electron chi connectivity index (χ1n) is 7.24. The van der Waals surface area contributed by atoms with Gasteiger partial charge >= 0.3 is 0 Å². The van der Waals surface area contributed by atoms with Crippen molar-refractivity contribution in [1.29, 1.82) is 0 Å². The minimum atomic E-state index is -0.465. The zero-order valence-corrected chi connectivity index (χ0v) is 12.6. The Morgan fingerprint density at radius 1 is 1.20 bits per heavy atom. The van der Waals surface area contributed by atoms with Gasteiger partial charge in [-0.25, -0.2) is 0 Å². The van der Waals surface area contributed by atoms with Gasteiger partial charge < -0.3 is 20.3 Å². The fourth-order valence-corrected chi connectivity index (χ4v) is 1.95. The molecule has 4 heteroatoms. The third-order valence-electron chi connectivity index (χ3n) is 3.62. The van der Waals surface area contributed by atoms with Gasteiger partial charge in [-0.1, -0.05) is 19.1 Å². The van der Waals surface area contributed by atoms with Crippen LogP contribution in [0.5, 0.6) is 5.75 Å². The molecule has 0 bridgehead atoms. The second-order valence-electron chi connectivity index (χ2n) is 5.21. The fraction of sp³-hybridized carbons (Fsp3) is 0.625. The van der Waals surface area contributed by atoms with Crippen LogP contribution in [0.15, 0.2) is 24.3 Å². The van der Waals surface area contributed by atoms with E-state index >= 15 is 0 Å². The van der Waals surface area contributed by atoms with E-state index in [0.717, 1.165) is 38.0 Å². The molecule has 0 heterocycles. The van der Waals surface area contributed by atoms with Gasteiger partial charge in [-0.05, 0) is 43.4 Å². The van der Waals surface area contributed by atoms with Crippen LogP contribution in [0.25, 0.3) is 0 Å². The molecule has 0 aliphatic carbocycles. The summed E-state index contributed by atoms with van der Waals surface area (Å²) in [4.78, 5) is 0. The first-order chi connectivity index (χ1) is 9.63. The van der Waals surface area contributed by atoms with Crippen LogP contribution in [0, 0.1) is 0 Å². The summed E-state index contributed by atoms with van der Waals surface area (Å²) >= 11 is 0. The predicted molar refractivity (Wildman–Crippen MR) is 81.0 cm³/mol. The van der Waals surface area contributed by atoms with Crippen LogP contribution in [-0.2, 0) is 11.2 Å². The summed E-state index contributed by atoms with van der Waals surface area (Å²) in [5.41, 5.74) is 6.80. The highest BCUT2D eigenvalue weighted by Gasteiger charge is 2.20. The van der Waals surface area contributed by atoms with Crippen molar-refractivity contribution in [2.24, 2.45) is 5.73 Å². The van der Waals surface area contributed by atoms with Crippen LogP contribution in [-0.4, -0.2) is 37.6 Å². The highest BCUT2D eigenvalue weighted by atomic mass is 16.5. The normalized spacial score (nSPS) is 14.0. The van der Waals surface area contributed by atoms with Gasteiger partial charge in [0.2, 0.25) is 0 Å². The predicted octanol–water partition coefficient (Wildman–Crippen LogP) is 2.13. The highest BCUT2D eigenvalue weighted by molar-refractivity contribution is 5.27. The zero-order valence-electron chi connectivity index (χ0n) is 12.6. The molecule has 20 heavy (non-hydrogen) atoms. The van der Waals surface area contributed by atoms with Crippen LogP contribution < -0.4 is 10.5 Å². The maximum atomic E-state index is 9.23. The van der Waals surface area contributed by atoms with Crippen molar-refractivity contribution >= 4 is 0 Å². The minimum absolute atomic E-state index is 0.0255. The molecule has 4 nitrogen and oxygen atoms in total. The number of hydrogen-bond acceptors (Lipinski definition) is 4. The largest absolute Gasteiger partial charge is 0.494 e. The highest BCUT2D eigenvalue weighted by Crippen LogP contribution is 2.16. The van der Waals surface area contributed by atoms with E-state index in [1.165, 1.54) is 5.56 Å². The number of methoxy groups -OCH3 is 1. The molecule has 0 amide bonds. The summed E-state index contributed by atoms with van der Waals surface area (Å²) < 4.78 is 10.7. The standard InChI is InChI=1S/C16H27NO3/c1-3-16(17,13-18)10-4-11-20-15-7-5-14(6-8-15)9-12-19-2/h5-8,18H,3-4,9-13,17H2,1-2H3. The van der Waals surface area contributed by atoms with Gasteiger partial charge in [-0.2, -0.15) is 0 Å². The van der Waals surface area contributed by atoms with Gasteiger partial charge in [0.1, 0.15) is 5.75 Å². The Morgan fingerprint density at radius 2 is 1.90 bits per heavy atom. The van der Waals surface area contributed by atoms with Crippen LogP contribution in [0.2, 0.25) is 0 Å². The van der Waals surface area contributed by atoms with E-state index in [9.17, 15) is 5.11 Å². The van der Waals surface area contributed by atoms with Crippen molar-refractivity contribution < 1.29 is 14.6 Å². The van der Waals surface area contributed by atoms with Gasteiger partial charge in [0, 0.05) is 12.6 Å². The van der Waals surface area contributed by atoms with E-state index in [1.54, 1.807) is 7.11 Å². The van der Waals surface area contributed by atoms with Gasteiger partial charge in [0.15, 0.2) is 0 Å². The summed E-state index contributed by atoms with van der Waals surface area (Å²) in [5, 5.41) is 9.23. The van der Waals surface area contributed by atoms with Crippen molar-refractivity contribution in [3.63, 3.8) is 0 Å². The molecule has 1 aromatic rings. The Balaban J connectivity index is 2.28. The monoisotopic (exact) mass is 281 g/mol. The van der Waals surface area contributed by atoms with E-state index in [4.69, 9.17) is 15.2 Å². The quantitative estimate of drug-likeness (QED) is 0.645. The topological polar surface area (TPSA) is 64.7 Å². The molecule has 0 aromatic heterocycles. The zero-order chi connectivity index (χ0) is 14.8. The fourth-order valence-electron chi connectivity index (χ4n) is 1.95. The number of nitrogens with two attached hydrogens (primary N) is 1. The first kappa shape index (κ1) is 17.0. The van der Waals surface area contributed by atoms with E-state index in [2.05, 4.69) is 12.1 Å². The number of benzene rings is 1. The molecule has 0 saturated carbocycles. The van der Waals surface area contributed by atoms with E-state index < -0.39 is 5.54 Å². The van der Waals surface area contributed by atoms with Gasteiger partial charge in [0.05, 0.1) is 19.8 Å². The van der Waals surface area contributed by atoms with Crippen LogP contribution in [0.3, 0.4) is 0 Å². The van der Waals surface area contributed by atoms with Gasteiger partial charge in [-0.3, -0.25) is 0 Å². The number of aliphatic hydroxyl groups is 1. The summed E-state index contributed by atoms with van der Waals surface area (Å²) in [6.07, 6.45) is 3.30. The molecule has 0 aliphatic rings. The molecular formula is C16H27NO3. The first-order valence-corrected chi connectivity index (χ1v) is 7.24. The van der Waals surface area contributed by atoms with Crippen LogP contribution in [0.1, 0.15) is 31.7 Å². The van der Waals surface area contributed by atoms with Crippen molar-refractivity contribution in [1.82, 2.24) is 0 Å². The third kappa shape index (κ3) is 5.90. The van der Waals surface area contributed by atoms with Crippen molar-refractivity contribution in [3.8, 4) is 5.75 Å². The second kappa shape index (κ2) is 8.95. The molecule has 0 spiro atoms. The lowest BCUT2D eigenvalue weighted by molar-refractivity contribution is 0.171. The lowest BCUT2D eigenvalue weighted by Gasteiger charge is -2.25. The SMILES string of the molecule is CCC(N)(CO)CCCOc1ccc(CCOC)cc1. The van der Waals surface area contributed by atoms with E-state index in [-0.39, 0.29) is 6.61 Å². The van der Waals surface area contributed by atoms with Crippen LogP contribution >= 0.6 is 0 Å². The summed E-state index contributed by atoms with van der Waals surface area (Å²) in [6, 6.07) is 8.07. The molecule has 1 unspecified atom stereocenters. The van der Waals surface area contributed by atoms with Crippen LogP contribution in [0.4, 0.5) is 0 Å². The lowest BCUT2D eigenvalue weighted by atomic mass is 9.93. The van der Waals surface area contributed by atoms with E-state index in [0.29, 0.717) is 6.61 Å². The average molecular weight is 281 g/mol. The molecule has 0 saturated heterocycles. The number of hydrogen-bond donors (Lipinski definition) is 2. The summed E-state index contributed by atoms with van der Waals surface area (Å²) in [7, 11) is 1.71. The summed E-state index contributed by atoms with van der Waals surface area (Å²) in [6.45, 7) is 3.38. The molecule has 114 valence electrons. The second-order valence-corrected chi connectivity index (χ2v) is 5.21. The van der Waals surface area contributed by atoms with Crippen molar-refractivity contribution in [2.45, 2.75) is 38.1 Å². The van der Waals surface area contributed by atoms with E-state index in [1.807, 2.05) is 19.1 Å². The Hall–Kier alpha value is -1.10. The molecule has 1 atom stereocenters.